The molecule has 19 atom stereocenters. The number of ether oxygens (including phenoxy) is 9. The second kappa shape index (κ2) is 18.7. The zero-order chi connectivity index (χ0) is 52.0. The minimum Gasteiger partial charge on any atom is -0.465 e. The van der Waals surface area contributed by atoms with E-state index in [0.29, 0.717) is 5.57 Å². The van der Waals surface area contributed by atoms with Gasteiger partial charge in [0.2, 0.25) is 0 Å². The monoisotopic (exact) mass is 1010 g/mol. The van der Waals surface area contributed by atoms with E-state index in [-0.39, 0.29) is 49.0 Å². The van der Waals surface area contributed by atoms with Gasteiger partial charge in [0.25, 0.3) is 0 Å². The van der Waals surface area contributed by atoms with Gasteiger partial charge in [-0.25, -0.2) is 14.4 Å². The second-order valence-electron chi connectivity index (χ2n) is 21.2. The van der Waals surface area contributed by atoms with Gasteiger partial charge >= 0.3 is 35.8 Å². The number of hydrogen-bond donors (Lipinski definition) is 4. The van der Waals surface area contributed by atoms with Crippen LogP contribution in [0.2, 0.25) is 0 Å². The number of rotatable bonds is 11. The Hall–Kier alpha value is -5.57. The SMILES string of the molecule is C=C(C)[C@]12C[C@@H](COC(C)=O)[C@@]34OC5(O[C@@H]1[C@@H]3[C@@H]1O[C@]1(COC(=O)c1ccccc1)[C@@H](O)[C@@]1(O)[C@H]4[C@H]([C@H](C)[C@@H]1O)[C@H](C)CC(OC(=O)c1ccccc1)C(OC(C)=O)C(OC(=O)c1ccccc1)CC[C@H]5O)O2. The van der Waals surface area contributed by atoms with Crippen molar-refractivity contribution in [1.29, 1.82) is 0 Å². The van der Waals surface area contributed by atoms with Crippen LogP contribution in [0.15, 0.2) is 103 Å². The van der Waals surface area contributed by atoms with Gasteiger partial charge in [-0.05, 0) is 92.3 Å². The smallest absolute Gasteiger partial charge is 0.338 e. The van der Waals surface area contributed by atoms with E-state index in [9.17, 15) is 44.4 Å². The maximum Gasteiger partial charge on any atom is 0.338 e. The lowest BCUT2D eigenvalue weighted by molar-refractivity contribution is -0.459. The van der Waals surface area contributed by atoms with E-state index < -0.39 is 149 Å². The van der Waals surface area contributed by atoms with Gasteiger partial charge in [0.05, 0.1) is 35.0 Å². The summed E-state index contributed by atoms with van der Waals surface area (Å²) >= 11 is 0. The van der Waals surface area contributed by atoms with Crippen LogP contribution in [0, 0.1) is 35.5 Å². The van der Waals surface area contributed by atoms with Crippen molar-refractivity contribution < 1.29 is 87.0 Å². The molecule has 0 amide bonds. The first-order valence-corrected chi connectivity index (χ1v) is 25.0. The molecule has 390 valence electrons. The number of benzene rings is 3. The molecule has 3 saturated carbocycles. The van der Waals surface area contributed by atoms with Gasteiger partial charge in [0.1, 0.15) is 54.4 Å². The molecule has 3 aromatic carbocycles. The Labute approximate surface area is 421 Å². The highest BCUT2D eigenvalue weighted by atomic mass is 16.9. The van der Waals surface area contributed by atoms with Crippen molar-refractivity contribution in [2.24, 2.45) is 35.5 Å². The number of epoxide rings is 1. The van der Waals surface area contributed by atoms with Gasteiger partial charge < -0.3 is 63.1 Å². The van der Waals surface area contributed by atoms with Crippen LogP contribution in [-0.4, -0.2) is 141 Å². The van der Waals surface area contributed by atoms with Crippen LogP contribution in [0.3, 0.4) is 0 Å². The first kappa shape index (κ1) is 50.9. The minimum atomic E-state index is -2.61. The molecule has 18 nitrogen and oxygen atoms in total. The predicted molar refractivity (Wildman–Crippen MR) is 252 cm³/mol. The zero-order valence-electron chi connectivity index (χ0n) is 41.2. The zero-order valence-corrected chi connectivity index (χ0v) is 41.2. The largest absolute Gasteiger partial charge is 0.465 e. The van der Waals surface area contributed by atoms with E-state index in [2.05, 4.69) is 6.58 Å². The van der Waals surface area contributed by atoms with Gasteiger partial charge in [-0.3, -0.25) is 9.59 Å². The molecule has 0 aromatic heterocycles. The highest BCUT2D eigenvalue weighted by molar-refractivity contribution is 5.90. The Kier molecular flexibility index (Phi) is 13.0. The molecule has 4 N–H and O–H groups in total. The molecular formula is C55H62O18. The van der Waals surface area contributed by atoms with E-state index in [0.717, 1.165) is 6.92 Å². The van der Waals surface area contributed by atoms with Gasteiger partial charge in [0.15, 0.2) is 11.7 Å². The average molecular weight is 1010 g/mol. The van der Waals surface area contributed by atoms with E-state index in [4.69, 9.17) is 42.6 Å². The molecule has 2 spiro atoms. The lowest BCUT2D eigenvalue weighted by atomic mass is 9.51. The Morgan fingerprint density at radius 1 is 0.699 bits per heavy atom. The van der Waals surface area contributed by atoms with E-state index >= 15 is 0 Å². The molecule has 3 bridgehead atoms. The molecule has 3 aromatic rings. The molecule has 73 heavy (non-hydrogen) atoms. The van der Waals surface area contributed by atoms with Crippen LogP contribution in [0.4, 0.5) is 0 Å². The summed E-state index contributed by atoms with van der Waals surface area (Å²) in [6.45, 7) is 11.0. The topological polar surface area (TPSA) is 253 Å². The fourth-order valence-electron chi connectivity index (χ4n) is 13.8. The van der Waals surface area contributed by atoms with Gasteiger partial charge in [-0.2, -0.15) is 0 Å². The summed E-state index contributed by atoms with van der Waals surface area (Å²) < 4.78 is 58.6. The van der Waals surface area contributed by atoms with Crippen LogP contribution < -0.4 is 0 Å². The maximum absolute atomic E-state index is 14.3. The predicted octanol–water partition coefficient (Wildman–Crippen LogP) is 4.25. The van der Waals surface area contributed by atoms with Crippen LogP contribution in [-0.2, 0) is 52.2 Å². The molecule has 10 rings (SSSR count). The first-order valence-electron chi connectivity index (χ1n) is 25.0. The molecular weight excluding hydrogens is 949 g/mol. The Morgan fingerprint density at radius 2 is 1.27 bits per heavy atom. The van der Waals surface area contributed by atoms with Gasteiger partial charge in [-0.1, -0.05) is 75.0 Å². The van der Waals surface area contributed by atoms with Crippen LogP contribution in [0.25, 0.3) is 0 Å². The number of carbonyl (C=O) groups excluding carboxylic acids is 5. The van der Waals surface area contributed by atoms with E-state index in [1.165, 1.54) is 19.1 Å². The normalized spacial score (nSPS) is 41.8. The molecule has 4 aliphatic heterocycles. The summed E-state index contributed by atoms with van der Waals surface area (Å²) in [6.07, 6.45) is -13.1. The van der Waals surface area contributed by atoms with Gasteiger partial charge in [0, 0.05) is 31.6 Å². The third kappa shape index (κ3) is 8.02. The van der Waals surface area contributed by atoms with Crippen LogP contribution in [0.5, 0.6) is 0 Å². The van der Waals surface area contributed by atoms with Crippen molar-refractivity contribution in [2.75, 3.05) is 13.2 Å². The van der Waals surface area contributed by atoms with Crippen LogP contribution >= 0.6 is 0 Å². The standard InChI is InChI=1S/C55H62O18/c1-28(2)51-25-36(26-65-31(5)56)54-41-45(51)71-55(72-51,73-54)39(58)23-22-37(68-48(61)34-18-12-8-13-19-34)42(67-32(6)57)38(69-49(62)35-20-14-9-15-21-35)24-29(3)40-30(4)44(59)53(64,43(40)54)50(63)52(46(41)70-52)27-66-47(60)33-16-10-7-11-17-33/h7-21,29-30,36-46,50,58-59,63-64H,1,22-27H2,2-6H3/t29-,30+,36+,37?,38?,39-,40+,41-,42?,43-,44+,45-,46+,50-,51-,52+,53-,54-,55?/m1/s1. The van der Waals surface area contributed by atoms with Crippen molar-refractivity contribution in [3.05, 3.63) is 120 Å². The summed E-state index contributed by atoms with van der Waals surface area (Å²) in [5.41, 5.74) is -7.00. The van der Waals surface area contributed by atoms with Crippen molar-refractivity contribution in [3.63, 3.8) is 0 Å². The number of aliphatic hydroxyl groups is 4. The molecule has 18 heteroatoms. The summed E-state index contributed by atoms with van der Waals surface area (Å²) in [7, 11) is 0. The Bertz CT molecular complexity index is 2630. The Morgan fingerprint density at radius 3 is 1.84 bits per heavy atom. The first-order chi connectivity index (χ1) is 34.7. The average Bonchev–Trinajstić information content (AvgIpc) is 4.01. The fraction of sp³-hybridized carbons (Fsp3) is 0.545. The fourth-order valence-corrected chi connectivity index (χ4v) is 13.8. The number of fused-ring (bicyclic) bond motifs is 1. The quantitative estimate of drug-likeness (QED) is 0.0907. The molecule has 7 fully saturated rings. The molecule has 0 radical (unpaired) electrons. The number of carbonyl (C=O) groups is 5. The molecule has 4 unspecified atom stereocenters. The van der Waals surface area contributed by atoms with E-state index in [1.807, 2.05) is 0 Å². The minimum absolute atomic E-state index is 0.0225. The lowest BCUT2D eigenvalue weighted by Crippen LogP contribution is -2.75. The summed E-state index contributed by atoms with van der Waals surface area (Å²) in [5, 5.41) is 52.8. The number of esters is 5. The lowest BCUT2D eigenvalue weighted by Gasteiger charge is -2.62. The number of hydrogen-bond acceptors (Lipinski definition) is 18. The Balaban J connectivity index is 1.18. The maximum atomic E-state index is 14.3. The third-order valence-corrected chi connectivity index (χ3v) is 17.0. The summed E-state index contributed by atoms with van der Waals surface area (Å²) in [6, 6.07) is 24.3. The van der Waals surface area contributed by atoms with Crippen LogP contribution in [0.1, 0.15) is 91.4 Å². The molecule has 4 saturated heterocycles. The van der Waals surface area contributed by atoms with Crippen molar-refractivity contribution in [3.8, 4) is 0 Å². The van der Waals surface area contributed by atoms with Crippen molar-refractivity contribution in [1.82, 2.24) is 0 Å². The molecule has 3 aliphatic carbocycles. The van der Waals surface area contributed by atoms with Crippen molar-refractivity contribution in [2.45, 2.75) is 138 Å². The summed E-state index contributed by atoms with van der Waals surface area (Å²) in [4.78, 5) is 68.2. The number of aliphatic hydroxyl groups excluding tert-OH is 3. The third-order valence-electron chi connectivity index (χ3n) is 17.0. The van der Waals surface area contributed by atoms with Crippen molar-refractivity contribution >= 4 is 29.8 Å². The second-order valence-corrected chi connectivity index (χ2v) is 21.2. The molecule has 4 heterocycles. The molecule has 7 aliphatic rings. The highest BCUT2D eigenvalue weighted by Gasteiger charge is 2.91. The highest BCUT2D eigenvalue weighted by Crippen LogP contribution is 2.75. The van der Waals surface area contributed by atoms with Gasteiger partial charge in [-0.15, -0.1) is 0 Å². The van der Waals surface area contributed by atoms with E-state index in [1.54, 1.807) is 99.6 Å². The summed E-state index contributed by atoms with van der Waals surface area (Å²) in [5.74, 6) is -12.4.